The SMILES string of the molecule is Cc1cc(NC(=O)c2ccnc(N)c2)ccc1O. The van der Waals surface area contributed by atoms with Gasteiger partial charge in [0.1, 0.15) is 11.6 Å². The van der Waals surface area contributed by atoms with E-state index < -0.39 is 0 Å². The summed E-state index contributed by atoms with van der Waals surface area (Å²) >= 11 is 0. The van der Waals surface area contributed by atoms with E-state index >= 15 is 0 Å². The first-order valence-electron chi connectivity index (χ1n) is 5.39. The van der Waals surface area contributed by atoms with Crippen LogP contribution in [0.5, 0.6) is 5.75 Å². The molecule has 0 aliphatic rings. The van der Waals surface area contributed by atoms with Crippen LogP contribution in [0.1, 0.15) is 15.9 Å². The maximum Gasteiger partial charge on any atom is 0.255 e. The summed E-state index contributed by atoms with van der Waals surface area (Å²) in [7, 11) is 0. The van der Waals surface area contributed by atoms with Crippen molar-refractivity contribution in [2.75, 3.05) is 11.1 Å². The van der Waals surface area contributed by atoms with E-state index in [1.54, 1.807) is 25.1 Å². The third kappa shape index (κ3) is 2.57. The highest BCUT2D eigenvalue weighted by Crippen LogP contribution is 2.20. The Morgan fingerprint density at radius 2 is 2.11 bits per heavy atom. The summed E-state index contributed by atoms with van der Waals surface area (Å²) in [6.45, 7) is 1.76. The van der Waals surface area contributed by atoms with Crippen LogP contribution in [-0.2, 0) is 0 Å². The molecular weight excluding hydrogens is 230 g/mol. The van der Waals surface area contributed by atoms with E-state index in [1.165, 1.54) is 18.3 Å². The van der Waals surface area contributed by atoms with Gasteiger partial charge in [0.25, 0.3) is 5.91 Å². The fraction of sp³-hybridized carbons (Fsp3) is 0.0769. The molecule has 0 radical (unpaired) electrons. The van der Waals surface area contributed by atoms with E-state index in [1.807, 2.05) is 0 Å². The van der Waals surface area contributed by atoms with Crippen LogP contribution in [0, 0.1) is 6.92 Å². The predicted molar refractivity (Wildman–Crippen MR) is 69.4 cm³/mol. The lowest BCUT2D eigenvalue weighted by atomic mass is 10.2. The largest absolute Gasteiger partial charge is 0.508 e. The number of phenols is 1. The number of nitrogens with one attached hydrogen (secondary N) is 1. The van der Waals surface area contributed by atoms with Crippen molar-refractivity contribution < 1.29 is 9.90 Å². The monoisotopic (exact) mass is 243 g/mol. The van der Waals surface area contributed by atoms with Crippen molar-refractivity contribution in [3.8, 4) is 5.75 Å². The number of aromatic nitrogens is 1. The second kappa shape index (κ2) is 4.75. The summed E-state index contributed by atoms with van der Waals surface area (Å²) < 4.78 is 0. The topological polar surface area (TPSA) is 88.2 Å². The van der Waals surface area contributed by atoms with E-state index in [2.05, 4.69) is 10.3 Å². The Hall–Kier alpha value is -2.56. The summed E-state index contributed by atoms with van der Waals surface area (Å²) in [6, 6.07) is 7.94. The van der Waals surface area contributed by atoms with Gasteiger partial charge >= 0.3 is 0 Å². The number of benzene rings is 1. The Labute approximate surface area is 104 Å². The number of hydrogen-bond acceptors (Lipinski definition) is 4. The van der Waals surface area contributed by atoms with Gasteiger partial charge in [0.05, 0.1) is 0 Å². The van der Waals surface area contributed by atoms with Crippen LogP contribution < -0.4 is 11.1 Å². The molecule has 1 aromatic heterocycles. The molecule has 2 aromatic rings. The van der Waals surface area contributed by atoms with Crippen molar-refractivity contribution in [2.24, 2.45) is 0 Å². The molecule has 1 heterocycles. The third-order valence-electron chi connectivity index (χ3n) is 2.50. The third-order valence-corrected chi connectivity index (χ3v) is 2.50. The standard InChI is InChI=1S/C13H13N3O2/c1-8-6-10(2-3-11(8)17)16-13(18)9-4-5-15-12(14)7-9/h2-7,17H,1H3,(H2,14,15)(H,16,18). The minimum Gasteiger partial charge on any atom is -0.508 e. The van der Waals surface area contributed by atoms with Gasteiger partial charge in [-0.25, -0.2) is 4.98 Å². The first kappa shape index (κ1) is 11.9. The molecule has 5 heteroatoms. The highest BCUT2D eigenvalue weighted by Gasteiger charge is 2.07. The summed E-state index contributed by atoms with van der Waals surface area (Å²) in [4.78, 5) is 15.7. The lowest BCUT2D eigenvalue weighted by Gasteiger charge is -2.07. The molecule has 0 atom stereocenters. The Morgan fingerprint density at radius 3 is 2.78 bits per heavy atom. The van der Waals surface area contributed by atoms with E-state index in [9.17, 15) is 9.90 Å². The van der Waals surface area contributed by atoms with Crippen molar-refractivity contribution in [1.82, 2.24) is 4.98 Å². The number of rotatable bonds is 2. The summed E-state index contributed by atoms with van der Waals surface area (Å²) in [5.41, 5.74) is 7.26. The number of nitrogen functional groups attached to an aromatic ring is 1. The number of pyridine rings is 1. The summed E-state index contributed by atoms with van der Waals surface area (Å²) in [6.07, 6.45) is 1.48. The zero-order valence-electron chi connectivity index (χ0n) is 9.84. The van der Waals surface area contributed by atoms with Crippen molar-refractivity contribution in [3.63, 3.8) is 0 Å². The number of phenolic OH excluding ortho intramolecular Hbond substituents is 1. The molecule has 0 bridgehead atoms. The van der Waals surface area contributed by atoms with Gasteiger partial charge in [-0.05, 0) is 42.8 Å². The molecule has 0 unspecified atom stereocenters. The number of hydrogen-bond donors (Lipinski definition) is 3. The summed E-state index contributed by atoms with van der Waals surface area (Å²) in [5, 5.41) is 12.1. The smallest absolute Gasteiger partial charge is 0.255 e. The normalized spacial score (nSPS) is 10.1. The van der Waals surface area contributed by atoms with Crippen LogP contribution in [0.3, 0.4) is 0 Å². The molecule has 1 amide bonds. The molecule has 1 aromatic carbocycles. The van der Waals surface area contributed by atoms with Crippen LogP contribution in [0.4, 0.5) is 11.5 Å². The fourth-order valence-electron chi connectivity index (χ4n) is 1.53. The van der Waals surface area contributed by atoms with Crippen molar-refractivity contribution in [2.45, 2.75) is 6.92 Å². The maximum absolute atomic E-state index is 11.9. The quantitative estimate of drug-likeness (QED) is 0.703. The van der Waals surface area contributed by atoms with Crippen molar-refractivity contribution in [3.05, 3.63) is 47.7 Å². The molecule has 0 aliphatic carbocycles. The van der Waals surface area contributed by atoms with Gasteiger partial charge in [0.15, 0.2) is 0 Å². The number of amides is 1. The molecule has 0 spiro atoms. The van der Waals surface area contributed by atoms with E-state index in [-0.39, 0.29) is 11.7 Å². The molecule has 4 N–H and O–H groups in total. The average molecular weight is 243 g/mol. The number of anilines is 2. The Bertz CT molecular complexity index is 597. The zero-order valence-corrected chi connectivity index (χ0v) is 9.84. The van der Waals surface area contributed by atoms with Crippen LogP contribution in [-0.4, -0.2) is 16.0 Å². The minimum absolute atomic E-state index is 0.196. The Balaban J connectivity index is 2.18. The second-order valence-corrected chi connectivity index (χ2v) is 3.92. The zero-order chi connectivity index (χ0) is 13.1. The number of carbonyl (C=O) groups excluding carboxylic acids is 1. The van der Waals surface area contributed by atoms with Gasteiger partial charge in [-0.2, -0.15) is 0 Å². The van der Waals surface area contributed by atoms with Crippen LogP contribution in [0.15, 0.2) is 36.5 Å². The molecule has 2 rings (SSSR count). The maximum atomic E-state index is 11.9. The predicted octanol–water partition coefficient (Wildman–Crippen LogP) is 1.93. The molecular formula is C13H13N3O2. The highest BCUT2D eigenvalue weighted by atomic mass is 16.3. The van der Waals surface area contributed by atoms with Crippen molar-refractivity contribution >= 4 is 17.4 Å². The lowest BCUT2D eigenvalue weighted by molar-refractivity contribution is 0.102. The first-order chi connectivity index (χ1) is 8.56. The Kier molecular flexibility index (Phi) is 3.14. The second-order valence-electron chi connectivity index (χ2n) is 3.92. The number of aryl methyl sites for hydroxylation is 1. The molecule has 5 nitrogen and oxygen atoms in total. The van der Waals surface area contributed by atoms with Crippen LogP contribution in [0.25, 0.3) is 0 Å². The van der Waals surface area contributed by atoms with Gasteiger partial charge in [0.2, 0.25) is 0 Å². The van der Waals surface area contributed by atoms with Crippen molar-refractivity contribution in [1.29, 1.82) is 0 Å². The molecule has 92 valence electrons. The molecule has 0 saturated carbocycles. The fourth-order valence-corrected chi connectivity index (χ4v) is 1.53. The van der Waals surface area contributed by atoms with E-state index in [0.717, 1.165) is 0 Å². The number of nitrogens with two attached hydrogens (primary N) is 1. The molecule has 0 saturated heterocycles. The van der Waals surface area contributed by atoms with E-state index in [0.29, 0.717) is 22.6 Å². The van der Waals surface area contributed by atoms with Crippen LogP contribution in [0.2, 0.25) is 0 Å². The van der Waals surface area contributed by atoms with E-state index in [4.69, 9.17) is 5.73 Å². The molecule has 0 fully saturated rings. The summed E-state index contributed by atoms with van der Waals surface area (Å²) in [5.74, 6) is 0.222. The van der Waals surface area contributed by atoms with Gasteiger partial charge in [0, 0.05) is 17.4 Å². The lowest BCUT2D eigenvalue weighted by Crippen LogP contribution is -2.12. The van der Waals surface area contributed by atoms with Gasteiger partial charge in [-0.1, -0.05) is 0 Å². The average Bonchev–Trinajstić information content (AvgIpc) is 2.34. The molecule has 0 aliphatic heterocycles. The Morgan fingerprint density at radius 1 is 1.33 bits per heavy atom. The number of nitrogens with zero attached hydrogens (tertiary/aromatic N) is 1. The highest BCUT2D eigenvalue weighted by molar-refractivity contribution is 6.04. The number of carbonyl (C=O) groups is 1. The first-order valence-corrected chi connectivity index (χ1v) is 5.39. The number of aromatic hydroxyl groups is 1. The van der Waals surface area contributed by atoms with Gasteiger partial charge in [-0.3, -0.25) is 4.79 Å². The molecule has 18 heavy (non-hydrogen) atoms. The minimum atomic E-state index is -0.269. The van der Waals surface area contributed by atoms with Crippen LogP contribution >= 0.6 is 0 Å². The van der Waals surface area contributed by atoms with Gasteiger partial charge < -0.3 is 16.2 Å². The van der Waals surface area contributed by atoms with Gasteiger partial charge in [-0.15, -0.1) is 0 Å².